The normalized spacial score (nSPS) is 13.9. The Morgan fingerprint density at radius 3 is 1.97 bits per heavy atom. The highest BCUT2D eigenvalue weighted by atomic mass is 16.6. The van der Waals surface area contributed by atoms with E-state index in [0.717, 1.165) is 19.6 Å². The van der Waals surface area contributed by atoms with E-state index in [-0.39, 0.29) is 11.8 Å². The Hall–Kier alpha value is -3.39. The van der Waals surface area contributed by atoms with E-state index in [1.54, 1.807) is 69.3 Å². The average Bonchev–Trinajstić information content (AvgIpc) is 3.27. The van der Waals surface area contributed by atoms with E-state index in [2.05, 4.69) is 20.9 Å². The molecule has 1 heterocycles. The number of nitrogens with one attached hydrogen (secondary N) is 3. The van der Waals surface area contributed by atoms with Crippen LogP contribution < -0.4 is 16.0 Å². The van der Waals surface area contributed by atoms with Gasteiger partial charge in [-0.25, -0.2) is 4.79 Å². The van der Waals surface area contributed by atoms with Gasteiger partial charge in [0, 0.05) is 24.2 Å². The number of rotatable bonds is 7. The number of benzene rings is 2. The molecule has 0 radical (unpaired) electrons. The van der Waals surface area contributed by atoms with Crippen molar-refractivity contribution in [2.24, 2.45) is 0 Å². The van der Waals surface area contributed by atoms with E-state index in [9.17, 15) is 14.4 Å². The molecule has 2 aromatic carbocycles. The SMILES string of the molecule is CC(C)(C)OC(=O)Nc1ccccc1NC(=O)c1ccc(C(=O)NCCN2CCCC2)cc1. The van der Waals surface area contributed by atoms with Crippen molar-refractivity contribution in [1.82, 2.24) is 10.2 Å². The summed E-state index contributed by atoms with van der Waals surface area (Å²) in [5, 5.41) is 8.37. The Balaban J connectivity index is 1.56. The summed E-state index contributed by atoms with van der Waals surface area (Å²) < 4.78 is 5.28. The molecule has 0 spiro atoms. The van der Waals surface area contributed by atoms with Crippen LogP contribution >= 0.6 is 0 Å². The number of anilines is 2. The number of likely N-dealkylation sites (tertiary alicyclic amines) is 1. The molecule has 0 atom stereocenters. The molecule has 0 saturated carbocycles. The highest BCUT2D eigenvalue weighted by Crippen LogP contribution is 2.23. The lowest BCUT2D eigenvalue weighted by Crippen LogP contribution is -2.33. The molecule has 0 aliphatic carbocycles. The van der Waals surface area contributed by atoms with Crippen LogP contribution in [0.1, 0.15) is 54.3 Å². The van der Waals surface area contributed by atoms with Crippen LogP contribution in [0.2, 0.25) is 0 Å². The van der Waals surface area contributed by atoms with Crippen LogP contribution in [-0.2, 0) is 4.74 Å². The minimum Gasteiger partial charge on any atom is -0.444 e. The number of amides is 3. The molecular weight excluding hydrogens is 420 g/mol. The summed E-state index contributed by atoms with van der Waals surface area (Å²) in [6.45, 7) is 8.96. The lowest BCUT2D eigenvalue weighted by molar-refractivity contribution is 0.0635. The fourth-order valence-corrected chi connectivity index (χ4v) is 3.52. The van der Waals surface area contributed by atoms with Gasteiger partial charge in [0.2, 0.25) is 0 Å². The molecule has 1 aliphatic heterocycles. The Bertz CT molecular complexity index is 977. The van der Waals surface area contributed by atoms with Gasteiger partial charge in [-0.05, 0) is 83.1 Å². The van der Waals surface area contributed by atoms with Crippen LogP contribution in [-0.4, -0.2) is 54.6 Å². The van der Waals surface area contributed by atoms with Gasteiger partial charge in [0.15, 0.2) is 0 Å². The maximum absolute atomic E-state index is 12.7. The molecule has 8 heteroatoms. The zero-order chi connectivity index (χ0) is 23.8. The first-order chi connectivity index (χ1) is 15.7. The molecule has 2 aromatic rings. The Kier molecular flexibility index (Phi) is 8.06. The molecular formula is C25H32N4O4. The maximum atomic E-state index is 12.7. The standard InChI is InChI=1S/C25H32N4O4/c1-25(2,3)33-24(32)28-21-9-5-4-8-20(21)27-23(31)19-12-10-18(11-13-19)22(30)26-14-17-29-15-6-7-16-29/h4-5,8-13H,6-7,14-17H2,1-3H3,(H,26,30)(H,27,31)(H,28,32). The Labute approximate surface area is 194 Å². The van der Waals surface area contributed by atoms with E-state index < -0.39 is 11.7 Å². The molecule has 8 nitrogen and oxygen atoms in total. The first-order valence-electron chi connectivity index (χ1n) is 11.2. The zero-order valence-electron chi connectivity index (χ0n) is 19.4. The molecule has 33 heavy (non-hydrogen) atoms. The van der Waals surface area contributed by atoms with Crippen molar-refractivity contribution in [3.05, 3.63) is 59.7 Å². The number of ether oxygens (including phenoxy) is 1. The molecule has 3 N–H and O–H groups in total. The average molecular weight is 453 g/mol. The van der Waals surface area contributed by atoms with Crippen molar-refractivity contribution in [3.8, 4) is 0 Å². The van der Waals surface area contributed by atoms with E-state index in [0.29, 0.717) is 29.0 Å². The molecule has 1 fully saturated rings. The molecule has 3 rings (SSSR count). The highest BCUT2D eigenvalue weighted by Gasteiger charge is 2.18. The summed E-state index contributed by atoms with van der Waals surface area (Å²) in [5.74, 6) is -0.512. The van der Waals surface area contributed by atoms with E-state index in [1.807, 2.05) is 0 Å². The van der Waals surface area contributed by atoms with Gasteiger partial charge in [0.25, 0.3) is 11.8 Å². The van der Waals surface area contributed by atoms with Crippen LogP contribution in [0.25, 0.3) is 0 Å². The maximum Gasteiger partial charge on any atom is 0.412 e. The molecule has 1 saturated heterocycles. The number of carbonyl (C=O) groups excluding carboxylic acids is 3. The third-order valence-corrected chi connectivity index (χ3v) is 5.13. The summed E-state index contributed by atoms with van der Waals surface area (Å²) in [6.07, 6.45) is 1.84. The van der Waals surface area contributed by atoms with Gasteiger partial charge in [0.05, 0.1) is 11.4 Å². The van der Waals surface area contributed by atoms with Gasteiger partial charge in [-0.3, -0.25) is 14.9 Å². The van der Waals surface area contributed by atoms with Gasteiger partial charge in [0.1, 0.15) is 5.60 Å². The largest absolute Gasteiger partial charge is 0.444 e. The smallest absolute Gasteiger partial charge is 0.412 e. The van der Waals surface area contributed by atoms with Crippen molar-refractivity contribution in [3.63, 3.8) is 0 Å². The summed E-state index contributed by atoms with van der Waals surface area (Å²) in [6, 6.07) is 13.3. The summed E-state index contributed by atoms with van der Waals surface area (Å²) in [5.41, 5.74) is 1.13. The van der Waals surface area contributed by atoms with Crippen molar-refractivity contribution in [2.75, 3.05) is 36.8 Å². The molecule has 0 aromatic heterocycles. The highest BCUT2D eigenvalue weighted by molar-refractivity contribution is 6.07. The summed E-state index contributed by atoms with van der Waals surface area (Å²) >= 11 is 0. The molecule has 1 aliphatic rings. The van der Waals surface area contributed by atoms with Crippen LogP contribution in [0.3, 0.4) is 0 Å². The Morgan fingerprint density at radius 1 is 0.848 bits per heavy atom. The number of para-hydroxylation sites is 2. The molecule has 0 bridgehead atoms. The third kappa shape index (κ3) is 7.61. The lowest BCUT2D eigenvalue weighted by atomic mass is 10.1. The number of hydrogen-bond acceptors (Lipinski definition) is 5. The minimum atomic E-state index is -0.634. The fourth-order valence-electron chi connectivity index (χ4n) is 3.52. The van der Waals surface area contributed by atoms with Gasteiger partial charge in [-0.2, -0.15) is 0 Å². The quantitative estimate of drug-likeness (QED) is 0.587. The minimum absolute atomic E-state index is 0.159. The number of nitrogens with zero attached hydrogens (tertiary/aromatic N) is 1. The summed E-state index contributed by atoms with van der Waals surface area (Å²) in [7, 11) is 0. The van der Waals surface area contributed by atoms with E-state index in [4.69, 9.17) is 4.74 Å². The van der Waals surface area contributed by atoms with Gasteiger partial charge in [-0.1, -0.05) is 12.1 Å². The molecule has 0 unspecified atom stereocenters. The molecule has 3 amide bonds. The second-order valence-corrected chi connectivity index (χ2v) is 9.01. The van der Waals surface area contributed by atoms with Gasteiger partial charge < -0.3 is 20.3 Å². The predicted molar refractivity (Wildman–Crippen MR) is 129 cm³/mol. The van der Waals surface area contributed by atoms with E-state index in [1.165, 1.54) is 12.8 Å². The van der Waals surface area contributed by atoms with Crippen LogP contribution in [0.5, 0.6) is 0 Å². The van der Waals surface area contributed by atoms with Gasteiger partial charge >= 0.3 is 6.09 Å². The van der Waals surface area contributed by atoms with Crippen molar-refractivity contribution >= 4 is 29.3 Å². The first-order valence-corrected chi connectivity index (χ1v) is 11.2. The second kappa shape index (κ2) is 11.0. The topological polar surface area (TPSA) is 99.8 Å². The van der Waals surface area contributed by atoms with Crippen LogP contribution in [0, 0.1) is 0 Å². The van der Waals surface area contributed by atoms with Crippen LogP contribution in [0.15, 0.2) is 48.5 Å². The first kappa shape index (κ1) is 24.3. The second-order valence-electron chi connectivity index (χ2n) is 9.01. The predicted octanol–water partition coefficient (Wildman–Crippen LogP) is 4.11. The monoisotopic (exact) mass is 452 g/mol. The summed E-state index contributed by atoms with van der Waals surface area (Å²) in [4.78, 5) is 39.5. The molecule has 176 valence electrons. The number of carbonyl (C=O) groups is 3. The Morgan fingerprint density at radius 2 is 1.39 bits per heavy atom. The van der Waals surface area contributed by atoms with Crippen LogP contribution in [0.4, 0.5) is 16.2 Å². The van der Waals surface area contributed by atoms with Crippen molar-refractivity contribution in [1.29, 1.82) is 0 Å². The van der Waals surface area contributed by atoms with Gasteiger partial charge in [-0.15, -0.1) is 0 Å². The van der Waals surface area contributed by atoms with Crippen molar-refractivity contribution in [2.45, 2.75) is 39.2 Å². The van der Waals surface area contributed by atoms with E-state index >= 15 is 0 Å². The fraction of sp³-hybridized carbons (Fsp3) is 0.400. The zero-order valence-corrected chi connectivity index (χ0v) is 19.4. The third-order valence-electron chi connectivity index (χ3n) is 5.13. The number of hydrogen-bond donors (Lipinski definition) is 3. The lowest BCUT2D eigenvalue weighted by Gasteiger charge is -2.20. The van der Waals surface area contributed by atoms with Crippen molar-refractivity contribution < 1.29 is 19.1 Å².